The Balaban J connectivity index is 1.79. The molecule has 210 valence electrons. The Morgan fingerprint density at radius 1 is 0.703 bits per heavy atom. The third-order valence-electron chi connectivity index (χ3n) is 7.37. The van der Waals surface area contributed by atoms with Gasteiger partial charge in [0.05, 0.1) is 0 Å². The van der Waals surface area contributed by atoms with E-state index in [9.17, 15) is 9.59 Å². The molecule has 37 heavy (non-hydrogen) atoms. The molecule has 5 nitrogen and oxygen atoms in total. The van der Waals surface area contributed by atoms with Gasteiger partial charge < -0.3 is 9.47 Å². The van der Waals surface area contributed by atoms with E-state index in [4.69, 9.17) is 9.47 Å². The second-order valence-corrected chi connectivity index (χ2v) is 10.8. The Morgan fingerprint density at radius 3 is 1.73 bits per heavy atom. The fourth-order valence-corrected chi connectivity index (χ4v) is 5.10. The molecule has 1 aromatic carbocycles. The van der Waals surface area contributed by atoms with Gasteiger partial charge in [-0.05, 0) is 18.4 Å². The fraction of sp³-hybridized carbons (Fsp3) is 0.750. The highest BCUT2D eigenvalue weighted by molar-refractivity contribution is 5.70. The first-order valence-corrected chi connectivity index (χ1v) is 15.3. The molecule has 0 spiro atoms. The van der Waals surface area contributed by atoms with Crippen LogP contribution in [0.15, 0.2) is 30.3 Å². The Hall–Kier alpha value is -1.88. The molecule has 1 saturated heterocycles. The molecular weight excluding hydrogens is 462 g/mol. The molecule has 1 aliphatic heterocycles. The summed E-state index contributed by atoms with van der Waals surface area (Å²) >= 11 is 0. The van der Waals surface area contributed by atoms with Crippen LogP contribution in [0.3, 0.4) is 0 Å². The average Bonchev–Trinajstić information content (AvgIpc) is 2.90. The maximum Gasteiger partial charge on any atom is 0.306 e. The lowest BCUT2D eigenvalue weighted by molar-refractivity contribution is -0.174. The molecule has 1 heterocycles. The van der Waals surface area contributed by atoms with Crippen LogP contribution in [0.25, 0.3) is 0 Å². The molecule has 0 unspecified atom stereocenters. The van der Waals surface area contributed by atoms with Crippen LogP contribution in [0.1, 0.15) is 129 Å². The molecule has 2 rings (SSSR count). The normalized spacial score (nSPS) is 18.0. The van der Waals surface area contributed by atoms with Gasteiger partial charge in [-0.2, -0.15) is 0 Å². The van der Waals surface area contributed by atoms with E-state index in [0.29, 0.717) is 25.8 Å². The number of carbonyl (C=O) groups is 2. The van der Waals surface area contributed by atoms with Gasteiger partial charge in [-0.15, -0.1) is 0 Å². The number of nitrogens with zero attached hydrogens (tertiary/aromatic N) is 1. The highest BCUT2D eigenvalue weighted by Gasteiger charge is 2.34. The van der Waals surface area contributed by atoms with Crippen molar-refractivity contribution in [2.75, 3.05) is 13.1 Å². The Morgan fingerprint density at radius 2 is 1.19 bits per heavy atom. The van der Waals surface area contributed by atoms with E-state index in [1.807, 2.05) is 18.2 Å². The van der Waals surface area contributed by atoms with Gasteiger partial charge in [0, 0.05) is 38.9 Å². The monoisotopic (exact) mass is 515 g/mol. The molecule has 0 bridgehead atoms. The third kappa shape index (κ3) is 14.6. The van der Waals surface area contributed by atoms with Crippen molar-refractivity contribution in [3.05, 3.63) is 35.9 Å². The van der Waals surface area contributed by atoms with Crippen LogP contribution in [0.2, 0.25) is 0 Å². The second kappa shape index (κ2) is 20.1. The van der Waals surface area contributed by atoms with Crippen molar-refractivity contribution in [1.29, 1.82) is 0 Å². The SMILES string of the molecule is CCCCCCCCCC(=O)O[C@@H]1CCN(Cc2ccccc2)C[C@H]1OC(=O)CCCCCCCCC. The van der Waals surface area contributed by atoms with Gasteiger partial charge in [0.2, 0.25) is 0 Å². The first-order chi connectivity index (χ1) is 18.1. The van der Waals surface area contributed by atoms with Gasteiger partial charge in [-0.25, -0.2) is 0 Å². The van der Waals surface area contributed by atoms with Gasteiger partial charge in [0.25, 0.3) is 0 Å². The van der Waals surface area contributed by atoms with Gasteiger partial charge in [-0.1, -0.05) is 121 Å². The van der Waals surface area contributed by atoms with E-state index in [1.54, 1.807) is 0 Å². The topological polar surface area (TPSA) is 55.8 Å². The molecule has 0 radical (unpaired) electrons. The minimum atomic E-state index is -0.396. The van der Waals surface area contributed by atoms with Crippen molar-refractivity contribution >= 4 is 11.9 Å². The van der Waals surface area contributed by atoms with Gasteiger partial charge in [-0.3, -0.25) is 14.5 Å². The molecule has 1 aromatic rings. The summed E-state index contributed by atoms with van der Waals surface area (Å²) in [6.07, 6.45) is 17.3. The first kappa shape index (κ1) is 31.3. The molecule has 0 aromatic heterocycles. The lowest BCUT2D eigenvalue weighted by atomic mass is 10.0. The zero-order valence-electron chi connectivity index (χ0n) is 23.8. The molecule has 2 atom stereocenters. The van der Waals surface area contributed by atoms with Crippen LogP contribution in [0.4, 0.5) is 0 Å². The van der Waals surface area contributed by atoms with Crippen LogP contribution < -0.4 is 0 Å². The van der Waals surface area contributed by atoms with E-state index in [-0.39, 0.29) is 18.0 Å². The number of esters is 2. The van der Waals surface area contributed by atoms with E-state index >= 15 is 0 Å². The number of likely N-dealkylation sites (tertiary alicyclic amines) is 1. The molecule has 0 N–H and O–H groups in total. The van der Waals surface area contributed by atoms with Crippen LogP contribution in [0, 0.1) is 0 Å². The Kier molecular flexibility index (Phi) is 17.0. The number of ether oxygens (including phenoxy) is 2. The molecule has 1 fully saturated rings. The van der Waals surface area contributed by atoms with Crippen molar-refractivity contribution < 1.29 is 19.1 Å². The zero-order chi connectivity index (χ0) is 26.6. The minimum Gasteiger partial charge on any atom is -0.458 e. The smallest absolute Gasteiger partial charge is 0.306 e. The lowest BCUT2D eigenvalue weighted by Crippen LogP contribution is -2.50. The Bertz CT molecular complexity index is 723. The molecule has 0 saturated carbocycles. The summed E-state index contributed by atoms with van der Waals surface area (Å²) in [4.78, 5) is 27.6. The predicted octanol–water partition coefficient (Wildman–Crippen LogP) is 8.00. The van der Waals surface area contributed by atoms with Gasteiger partial charge in [0.1, 0.15) is 6.10 Å². The van der Waals surface area contributed by atoms with E-state index in [1.165, 1.54) is 69.8 Å². The van der Waals surface area contributed by atoms with Gasteiger partial charge >= 0.3 is 11.9 Å². The zero-order valence-corrected chi connectivity index (χ0v) is 23.8. The summed E-state index contributed by atoms with van der Waals surface area (Å²) < 4.78 is 11.8. The average molecular weight is 516 g/mol. The van der Waals surface area contributed by atoms with Crippen molar-refractivity contribution in [1.82, 2.24) is 4.90 Å². The maximum absolute atomic E-state index is 12.7. The van der Waals surface area contributed by atoms with E-state index in [0.717, 1.165) is 38.8 Å². The number of carbonyl (C=O) groups excluding carboxylic acids is 2. The molecule has 1 aliphatic rings. The van der Waals surface area contributed by atoms with Crippen LogP contribution in [-0.2, 0) is 25.6 Å². The largest absolute Gasteiger partial charge is 0.458 e. The number of hydrogen-bond donors (Lipinski definition) is 0. The molecule has 5 heteroatoms. The summed E-state index contributed by atoms with van der Waals surface area (Å²) in [6.45, 7) is 6.69. The van der Waals surface area contributed by atoms with Crippen molar-refractivity contribution in [2.24, 2.45) is 0 Å². The highest BCUT2D eigenvalue weighted by Crippen LogP contribution is 2.22. The van der Waals surface area contributed by atoms with Crippen LogP contribution in [0.5, 0.6) is 0 Å². The summed E-state index contributed by atoms with van der Waals surface area (Å²) in [7, 11) is 0. The summed E-state index contributed by atoms with van der Waals surface area (Å²) in [5.74, 6) is -0.309. The number of hydrogen-bond acceptors (Lipinski definition) is 5. The quantitative estimate of drug-likeness (QED) is 0.130. The number of unbranched alkanes of at least 4 members (excludes halogenated alkanes) is 12. The number of piperidine rings is 1. The van der Waals surface area contributed by atoms with Crippen LogP contribution >= 0.6 is 0 Å². The van der Waals surface area contributed by atoms with Crippen molar-refractivity contribution in [3.63, 3.8) is 0 Å². The second-order valence-electron chi connectivity index (χ2n) is 10.8. The standard InChI is InChI=1S/C32H53NO4/c1-3-5-7-9-11-13-18-22-31(34)36-29-24-25-33(26-28-20-16-15-17-21-28)27-30(29)37-32(35)23-19-14-12-10-8-6-4-2/h15-17,20-21,29-30H,3-14,18-19,22-27H2,1-2H3/t29-,30-/m1/s1. The van der Waals surface area contributed by atoms with Crippen LogP contribution in [-0.4, -0.2) is 42.1 Å². The van der Waals surface area contributed by atoms with Crippen molar-refractivity contribution in [3.8, 4) is 0 Å². The number of benzene rings is 1. The maximum atomic E-state index is 12.7. The van der Waals surface area contributed by atoms with Crippen molar-refractivity contribution in [2.45, 2.75) is 142 Å². The first-order valence-electron chi connectivity index (χ1n) is 15.3. The summed E-state index contributed by atoms with van der Waals surface area (Å²) in [5, 5.41) is 0. The minimum absolute atomic E-state index is 0.150. The fourth-order valence-electron chi connectivity index (χ4n) is 5.10. The molecular formula is C32H53NO4. The molecule has 0 aliphatic carbocycles. The van der Waals surface area contributed by atoms with E-state index in [2.05, 4.69) is 30.9 Å². The predicted molar refractivity (Wildman–Crippen MR) is 151 cm³/mol. The molecule has 0 amide bonds. The summed E-state index contributed by atoms with van der Waals surface area (Å²) in [6, 6.07) is 10.4. The number of rotatable bonds is 20. The summed E-state index contributed by atoms with van der Waals surface area (Å²) in [5.41, 5.74) is 1.24. The van der Waals surface area contributed by atoms with Gasteiger partial charge in [0.15, 0.2) is 6.10 Å². The highest BCUT2D eigenvalue weighted by atomic mass is 16.6. The van der Waals surface area contributed by atoms with E-state index < -0.39 is 6.10 Å². The lowest BCUT2D eigenvalue weighted by Gasteiger charge is -2.37. The third-order valence-corrected chi connectivity index (χ3v) is 7.37. The Labute approximate surface area is 226 Å².